The lowest BCUT2D eigenvalue weighted by atomic mass is 9.96. The average Bonchev–Trinajstić information content (AvgIpc) is 2.30. The van der Waals surface area contributed by atoms with Crippen LogP contribution in [0, 0.1) is 13.8 Å². The quantitative estimate of drug-likeness (QED) is 0.826. The van der Waals surface area contributed by atoms with Gasteiger partial charge in [-0.15, -0.1) is 0 Å². The highest BCUT2D eigenvalue weighted by atomic mass is 16.5. The summed E-state index contributed by atoms with van der Waals surface area (Å²) in [6.45, 7) is 4.76. The molecule has 0 saturated heterocycles. The number of benzene rings is 1. The van der Waals surface area contributed by atoms with E-state index in [-0.39, 0.29) is 0 Å². The van der Waals surface area contributed by atoms with Gasteiger partial charge in [0.2, 0.25) is 0 Å². The van der Waals surface area contributed by atoms with Gasteiger partial charge in [0.1, 0.15) is 11.9 Å². The van der Waals surface area contributed by atoms with Crippen molar-refractivity contribution in [1.82, 2.24) is 0 Å². The molecule has 1 aliphatic rings. The molecule has 0 saturated carbocycles. The van der Waals surface area contributed by atoms with E-state index in [9.17, 15) is 5.11 Å². The molecule has 1 aromatic rings. The van der Waals surface area contributed by atoms with Crippen LogP contribution in [-0.2, 0) is 4.74 Å². The van der Waals surface area contributed by atoms with Gasteiger partial charge in [-0.25, -0.2) is 0 Å². The molecule has 0 spiro atoms. The molecule has 0 aliphatic carbocycles. The fraction of sp³-hybridized carbons (Fsp3) is 0.429. The van der Waals surface area contributed by atoms with E-state index in [1.807, 2.05) is 38.1 Å². The normalized spacial score (nSPS) is 17.6. The van der Waals surface area contributed by atoms with E-state index in [0.717, 1.165) is 29.5 Å². The lowest BCUT2D eigenvalue weighted by Crippen LogP contribution is -2.12. The largest absolute Gasteiger partial charge is 0.495 e. The third kappa shape index (κ3) is 2.12. The Morgan fingerprint density at radius 1 is 1.25 bits per heavy atom. The second-order valence-corrected chi connectivity index (χ2v) is 4.31. The van der Waals surface area contributed by atoms with Gasteiger partial charge in [0.15, 0.2) is 0 Å². The van der Waals surface area contributed by atoms with Crippen molar-refractivity contribution in [3.05, 3.63) is 46.7 Å². The van der Waals surface area contributed by atoms with Crippen molar-refractivity contribution in [2.24, 2.45) is 0 Å². The lowest BCUT2D eigenvalue weighted by Gasteiger charge is -2.22. The maximum Gasteiger partial charge on any atom is 0.136 e. The fourth-order valence-corrected chi connectivity index (χ4v) is 2.17. The molecular weight excluding hydrogens is 200 g/mol. The zero-order valence-corrected chi connectivity index (χ0v) is 9.86. The average molecular weight is 218 g/mol. The highest BCUT2D eigenvalue weighted by Gasteiger charge is 2.20. The second kappa shape index (κ2) is 4.71. The van der Waals surface area contributed by atoms with Crippen LogP contribution in [0.25, 0.3) is 0 Å². The van der Waals surface area contributed by atoms with Crippen LogP contribution < -0.4 is 0 Å². The van der Waals surface area contributed by atoms with Crippen LogP contribution in [-0.4, -0.2) is 11.7 Å². The van der Waals surface area contributed by atoms with Crippen LogP contribution in [0.2, 0.25) is 0 Å². The standard InChI is InChI=1S/C14H18O2/c1-10-6-5-7-11(2)13(10)14(15)12-8-3-4-9-16-12/h5-8,14-15H,3-4,9H2,1-2H3. The van der Waals surface area contributed by atoms with Crippen molar-refractivity contribution in [1.29, 1.82) is 0 Å². The third-order valence-corrected chi connectivity index (χ3v) is 3.05. The van der Waals surface area contributed by atoms with Gasteiger partial charge < -0.3 is 9.84 Å². The number of hydrogen-bond donors (Lipinski definition) is 1. The lowest BCUT2D eigenvalue weighted by molar-refractivity contribution is 0.0911. The van der Waals surface area contributed by atoms with Gasteiger partial charge in [0.05, 0.1) is 6.61 Å². The summed E-state index contributed by atoms with van der Waals surface area (Å²) in [6, 6.07) is 6.06. The second-order valence-electron chi connectivity index (χ2n) is 4.31. The molecule has 86 valence electrons. The first-order valence-corrected chi connectivity index (χ1v) is 5.77. The topological polar surface area (TPSA) is 29.5 Å². The summed E-state index contributed by atoms with van der Waals surface area (Å²) in [5.74, 6) is 0.712. The molecule has 1 N–H and O–H groups in total. The Morgan fingerprint density at radius 2 is 1.94 bits per heavy atom. The molecule has 2 nitrogen and oxygen atoms in total. The summed E-state index contributed by atoms with van der Waals surface area (Å²) in [5.41, 5.74) is 3.21. The van der Waals surface area contributed by atoms with E-state index in [1.54, 1.807) is 0 Å². The van der Waals surface area contributed by atoms with Gasteiger partial charge in [-0.2, -0.15) is 0 Å². The van der Waals surface area contributed by atoms with E-state index in [4.69, 9.17) is 4.74 Å². The first-order chi connectivity index (χ1) is 7.70. The van der Waals surface area contributed by atoms with Crippen molar-refractivity contribution in [3.63, 3.8) is 0 Å². The predicted molar refractivity (Wildman–Crippen MR) is 64.1 cm³/mol. The van der Waals surface area contributed by atoms with E-state index in [1.165, 1.54) is 0 Å². The zero-order chi connectivity index (χ0) is 11.5. The first-order valence-electron chi connectivity index (χ1n) is 5.77. The SMILES string of the molecule is Cc1cccc(C)c1C(O)C1=CCCCO1. The summed E-state index contributed by atoms with van der Waals surface area (Å²) in [5, 5.41) is 10.3. The van der Waals surface area contributed by atoms with Crippen molar-refractivity contribution < 1.29 is 9.84 Å². The molecule has 1 atom stereocenters. The highest BCUT2D eigenvalue weighted by Crippen LogP contribution is 2.30. The Balaban J connectivity index is 2.33. The summed E-state index contributed by atoms with van der Waals surface area (Å²) in [7, 11) is 0. The first kappa shape index (κ1) is 11.2. The molecular formula is C14H18O2. The smallest absolute Gasteiger partial charge is 0.136 e. The Morgan fingerprint density at radius 3 is 2.50 bits per heavy atom. The van der Waals surface area contributed by atoms with Crippen molar-refractivity contribution in [2.45, 2.75) is 32.8 Å². The number of aryl methyl sites for hydroxylation is 2. The van der Waals surface area contributed by atoms with Gasteiger partial charge in [-0.1, -0.05) is 18.2 Å². The summed E-state index contributed by atoms with van der Waals surface area (Å²) < 4.78 is 5.52. The molecule has 0 aromatic heterocycles. The molecule has 1 aromatic carbocycles. The number of ether oxygens (including phenoxy) is 1. The van der Waals surface area contributed by atoms with Gasteiger partial charge in [0.25, 0.3) is 0 Å². The van der Waals surface area contributed by atoms with Crippen LogP contribution in [0.1, 0.15) is 35.6 Å². The Hall–Kier alpha value is -1.28. The van der Waals surface area contributed by atoms with Gasteiger partial charge in [-0.3, -0.25) is 0 Å². The molecule has 1 unspecified atom stereocenters. The zero-order valence-electron chi connectivity index (χ0n) is 9.86. The summed E-state index contributed by atoms with van der Waals surface area (Å²) in [4.78, 5) is 0. The van der Waals surface area contributed by atoms with E-state index < -0.39 is 6.10 Å². The predicted octanol–water partition coefficient (Wildman–Crippen LogP) is 3.03. The molecule has 1 aliphatic heterocycles. The number of allylic oxidation sites excluding steroid dienone is 1. The van der Waals surface area contributed by atoms with Gasteiger partial charge in [-0.05, 0) is 49.5 Å². The van der Waals surface area contributed by atoms with E-state index in [2.05, 4.69) is 0 Å². The third-order valence-electron chi connectivity index (χ3n) is 3.05. The van der Waals surface area contributed by atoms with E-state index >= 15 is 0 Å². The minimum Gasteiger partial charge on any atom is -0.495 e. The number of aliphatic hydroxyl groups excluding tert-OH is 1. The van der Waals surface area contributed by atoms with Crippen LogP contribution in [0.15, 0.2) is 30.0 Å². The number of hydrogen-bond acceptors (Lipinski definition) is 2. The van der Waals surface area contributed by atoms with E-state index in [0.29, 0.717) is 12.4 Å². The summed E-state index contributed by atoms with van der Waals surface area (Å²) in [6.07, 6.45) is 3.43. The Bertz CT molecular complexity index is 387. The summed E-state index contributed by atoms with van der Waals surface area (Å²) >= 11 is 0. The molecule has 0 bridgehead atoms. The van der Waals surface area contributed by atoms with Crippen molar-refractivity contribution in [2.75, 3.05) is 6.61 Å². The monoisotopic (exact) mass is 218 g/mol. The molecule has 16 heavy (non-hydrogen) atoms. The fourth-order valence-electron chi connectivity index (χ4n) is 2.17. The van der Waals surface area contributed by atoms with Crippen molar-refractivity contribution in [3.8, 4) is 0 Å². The molecule has 0 amide bonds. The molecule has 1 heterocycles. The maximum absolute atomic E-state index is 10.3. The molecule has 2 heteroatoms. The van der Waals surface area contributed by atoms with Crippen molar-refractivity contribution >= 4 is 0 Å². The Kier molecular flexibility index (Phi) is 3.30. The van der Waals surface area contributed by atoms with Crippen LogP contribution in [0.4, 0.5) is 0 Å². The Labute approximate surface area is 96.6 Å². The molecule has 0 fully saturated rings. The number of aliphatic hydroxyl groups is 1. The van der Waals surface area contributed by atoms with Gasteiger partial charge >= 0.3 is 0 Å². The minimum atomic E-state index is -0.610. The molecule has 0 radical (unpaired) electrons. The van der Waals surface area contributed by atoms with Gasteiger partial charge in [0, 0.05) is 0 Å². The van der Waals surface area contributed by atoms with Crippen LogP contribution >= 0.6 is 0 Å². The van der Waals surface area contributed by atoms with Crippen LogP contribution in [0.3, 0.4) is 0 Å². The maximum atomic E-state index is 10.3. The van der Waals surface area contributed by atoms with Crippen LogP contribution in [0.5, 0.6) is 0 Å². The number of rotatable bonds is 2. The minimum absolute atomic E-state index is 0.610. The molecule has 2 rings (SSSR count). The highest BCUT2D eigenvalue weighted by molar-refractivity contribution is 5.38.